The van der Waals surface area contributed by atoms with Gasteiger partial charge in [0.2, 0.25) is 0 Å². The summed E-state index contributed by atoms with van der Waals surface area (Å²) < 4.78 is 0. The molecule has 0 aliphatic carbocycles. The Bertz CT molecular complexity index is 220. The van der Waals surface area contributed by atoms with Gasteiger partial charge >= 0.3 is 11.8 Å². The van der Waals surface area contributed by atoms with Gasteiger partial charge in [0, 0.05) is 18.8 Å². The van der Waals surface area contributed by atoms with Crippen molar-refractivity contribution in [2.75, 3.05) is 18.6 Å². The fraction of sp³-hybridized carbons (Fsp3) is 0.750. The van der Waals surface area contributed by atoms with E-state index in [1.54, 1.807) is 11.8 Å². The summed E-state index contributed by atoms with van der Waals surface area (Å²) >= 11 is 1.81. The lowest BCUT2D eigenvalue weighted by molar-refractivity contribution is -0.139. The molecule has 1 fully saturated rings. The Morgan fingerprint density at radius 2 is 2.00 bits per heavy atom. The summed E-state index contributed by atoms with van der Waals surface area (Å²) in [6.07, 6.45) is 0. The third-order valence-corrected chi connectivity index (χ3v) is 3.47. The molecule has 1 aliphatic rings. The zero-order chi connectivity index (χ0) is 9.84. The molecule has 2 amide bonds. The first kappa shape index (κ1) is 10.4. The lowest BCUT2D eigenvalue weighted by Crippen LogP contribution is -2.45. The molecule has 2 unspecified atom stereocenters. The zero-order valence-electron chi connectivity index (χ0n) is 7.79. The number of rotatable bonds is 1. The SMILES string of the molecule is CNC(=O)C(=O)NC1CSCC1C. The van der Waals surface area contributed by atoms with E-state index in [-0.39, 0.29) is 6.04 Å². The molecule has 13 heavy (non-hydrogen) atoms. The van der Waals surface area contributed by atoms with Crippen molar-refractivity contribution in [3.63, 3.8) is 0 Å². The van der Waals surface area contributed by atoms with E-state index in [0.717, 1.165) is 11.5 Å². The molecule has 1 aliphatic heterocycles. The Labute approximate surface area is 81.8 Å². The average molecular weight is 202 g/mol. The average Bonchev–Trinajstić information content (AvgIpc) is 2.50. The zero-order valence-corrected chi connectivity index (χ0v) is 8.61. The molecular formula is C8H14N2O2S. The molecule has 1 heterocycles. The molecule has 0 aromatic carbocycles. The van der Waals surface area contributed by atoms with E-state index in [1.165, 1.54) is 7.05 Å². The second-order valence-electron chi connectivity index (χ2n) is 3.17. The summed E-state index contributed by atoms with van der Waals surface area (Å²) in [4.78, 5) is 22.0. The van der Waals surface area contributed by atoms with Crippen LogP contribution in [0.4, 0.5) is 0 Å². The Kier molecular flexibility index (Phi) is 3.59. The number of hydrogen-bond acceptors (Lipinski definition) is 3. The molecule has 2 N–H and O–H groups in total. The second kappa shape index (κ2) is 4.50. The van der Waals surface area contributed by atoms with Crippen molar-refractivity contribution in [2.45, 2.75) is 13.0 Å². The van der Waals surface area contributed by atoms with Gasteiger partial charge in [-0.3, -0.25) is 9.59 Å². The van der Waals surface area contributed by atoms with E-state index in [1.807, 2.05) is 0 Å². The number of likely N-dealkylation sites (N-methyl/N-ethyl adjacent to an activating group) is 1. The number of nitrogens with one attached hydrogen (secondary N) is 2. The van der Waals surface area contributed by atoms with Gasteiger partial charge in [-0.05, 0) is 11.7 Å². The van der Waals surface area contributed by atoms with E-state index < -0.39 is 11.8 Å². The maximum absolute atomic E-state index is 11.1. The van der Waals surface area contributed by atoms with Crippen LogP contribution in [0.25, 0.3) is 0 Å². The highest BCUT2D eigenvalue weighted by Gasteiger charge is 2.26. The van der Waals surface area contributed by atoms with Crippen LogP contribution in [0.3, 0.4) is 0 Å². The topological polar surface area (TPSA) is 58.2 Å². The van der Waals surface area contributed by atoms with E-state index in [4.69, 9.17) is 0 Å². The molecule has 0 spiro atoms. The molecule has 74 valence electrons. The van der Waals surface area contributed by atoms with Gasteiger partial charge in [0.15, 0.2) is 0 Å². The molecule has 5 heteroatoms. The van der Waals surface area contributed by atoms with Crippen molar-refractivity contribution in [3.8, 4) is 0 Å². The van der Waals surface area contributed by atoms with Crippen LogP contribution in [-0.2, 0) is 9.59 Å². The highest BCUT2D eigenvalue weighted by molar-refractivity contribution is 7.99. The van der Waals surface area contributed by atoms with E-state index in [0.29, 0.717) is 5.92 Å². The Balaban J connectivity index is 2.39. The van der Waals surface area contributed by atoms with Gasteiger partial charge in [-0.1, -0.05) is 6.92 Å². The highest BCUT2D eigenvalue weighted by atomic mass is 32.2. The Morgan fingerprint density at radius 1 is 1.31 bits per heavy atom. The predicted octanol–water partition coefficient (Wildman–Crippen LogP) is -0.400. The summed E-state index contributed by atoms with van der Waals surface area (Å²) in [6.45, 7) is 2.08. The van der Waals surface area contributed by atoms with Gasteiger partial charge < -0.3 is 10.6 Å². The van der Waals surface area contributed by atoms with Crippen molar-refractivity contribution in [1.82, 2.24) is 10.6 Å². The standard InChI is InChI=1S/C8H14N2O2S/c1-5-3-13-4-6(5)10-8(12)7(11)9-2/h5-6H,3-4H2,1-2H3,(H,9,11)(H,10,12). The number of carbonyl (C=O) groups is 2. The van der Waals surface area contributed by atoms with Crippen LogP contribution in [0.15, 0.2) is 0 Å². The number of carbonyl (C=O) groups excluding carboxylic acids is 2. The normalized spacial score (nSPS) is 26.9. The van der Waals surface area contributed by atoms with Gasteiger partial charge in [-0.25, -0.2) is 0 Å². The summed E-state index contributed by atoms with van der Waals surface area (Å²) in [5.41, 5.74) is 0. The third kappa shape index (κ3) is 2.62. The molecule has 4 nitrogen and oxygen atoms in total. The van der Waals surface area contributed by atoms with Gasteiger partial charge in [0.1, 0.15) is 0 Å². The van der Waals surface area contributed by atoms with Gasteiger partial charge in [0.05, 0.1) is 0 Å². The third-order valence-electron chi connectivity index (χ3n) is 2.11. The molecule has 0 aromatic heterocycles. The highest BCUT2D eigenvalue weighted by Crippen LogP contribution is 2.23. The molecule has 1 rings (SSSR count). The van der Waals surface area contributed by atoms with Crippen molar-refractivity contribution in [2.24, 2.45) is 5.92 Å². The molecule has 0 radical (unpaired) electrons. The number of amides is 2. The quantitative estimate of drug-likeness (QED) is 0.569. The number of hydrogen-bond donors (Lipinski definition) is 2. The minimum absolute atomic E-state index is 0.148. The van der Waals surface area contributed by atoms with Crippen LogP contribution in [0.1, 0.15) is 6.92 Å². The minimum atomic E-state index is -0.566. The fourth-order valence-corrected chi connectivity index (χ4v) is 2.60. The maximum Gasteiger partial charge on any atom is 0.309 e. The van der Waals surface area contributed by atoms with Crippen molar-refractivity contribution < 1.29 is 9.59 Å². The first-order valence-corrected chi connectivity index (χ1v) is 5.41. The number of thioether (sulfide) groups is 1. The first-order valence-electron chi connectivity index (χ1n) is 4.25. The fourth-order valence-electron chi connectivity index (χ4n) is 1.19. The second-order valence-corrected chi connectivity index (χ2v) is 4.25. The van der Waals surface area contributed by atoms with Crippen molar-refractivity contribution >= 4 is 23.6 Å². The maximum atomic E-state index is 11.1. The minimum Gasteiger partial charge on any atom is -0.351 e. The van der Waals surface area contributed by atoms with Gasteiger partial charge in [0.25, 0.3) is 0 Å². The van der Waals surface area contributed by atoms with Gasteiger partial charge in [-0.15, -0.1) is 0 Å². The lowest BCUT2D eigenvalue weighted by atomic mass is 10.1. The van der Waals surface area contributed by atoms with Crippen LogP contribution >= 0.6 is 11.8 Å². The van der Waals surface area contributed by atoms with E-state index in [2.05, 4.69) is 17.6 Å². The first-order chi connectivity index (χ1) is 6.15. The molecule has 2 atom stereocenters. The lowest BCUT2D eigenvalue weighted by Gasteiger charge is -2.15. The molecular weight excluding hydrogens is 188 g/mol. The van der Waals surface area contributed by atoms with Crippen LogP contribution in [0.2, 0.25) is 0 Å². The van der Waals surface area contributed by atoms with Gasteiger partial charge in [-0.2, -0.15) is 11.8 Å². The van der Waals surface area contributed by atoms with Crippen LogP contribution < -0.4 is 10.6 Å². The van der Waals surface area contributed by atoms with E-state index in [9.17, 15) is 9.59 Å². The molecule has 0 aromatic rings. The Morgan fingerprint density at radius 3 is 2.46 bits per heavy atom. The predicted molar refractivity (Wildman–Crippen MR) is 52.5 cm³/mol. The smallest absolute Gasteiger partial charge is 0.309 e. The summed E-state index contributed by atoms with van der Waals surface area (Å²) in [5, 5.41) is 5.00. The van der Waals surface area contributed by atoms with Crippen LogP contribution in [0, 0.1) is 5.92 Å². The molecule has 0 saturated carbocycles. The molecule has 1 saturated heterocycles. The van der Waals surface area contributed by atoms with Crippen LogP contribution in [0.5, 0.6) is 0 Å². The van der Waals surface area contributed by atoms with Crippen molar-refractivity contribution in [1.29, 1.82) is 0 Å². The molecule has 0 bridgehead atoms. The van der Waals surface area contributed by atoms with E-state index >= 15 is 0 Å². The summed E-state index contributed by atoms with van der Waals surface area (Å²) in [5.74, 6) is 1.33. The van der Waals surface area contributed by atoms with Crippen LogP contribution in [-0.4, -0.2) is 36.4 Å². The monoisotopic (exact) mass is 202 g/mol. The summed E-state index contributed by atoms with van der Waals surface area (Å²) in [7, 11) is 1.45. The Hall–Kier alpha value is -0.710. The summed E-state index contributed by atoms with van der Waals surface area (Å²) in [6, 6.07) is 0.148. The largest absolute Gasteiger partial charge is 0.351 e. The van der Waals surface area contributed by atoms with Crippen molar-refractivity contribution in [3.05, 3.63) is 0 Å².